The topological polar surface area (TPSA) is 31.9 Å². The van der Waals surface area contributed by atoms with E-state index in [0.717, 1.165) is 18.1 Å². The molecule has 1 N–H and O–H groups in total. The maximum atomic E-state index is 4.18. The molecule has 3 nitrogen and oxygen atoms in total. The number of hydrogen-bond acceptors (Lipinski definition) is 2. The average Bonchev–Trinajstić information content (AvgIpc) is 3.12. The van der Waals surface area contributed by atoms with Gasteiger partial charge in [-0.15, -0.1) is 0 Å². The number of rotatable bonds is 8. The second kappa shape index (κ2) is 12.7. The zero-order valence-electron chi connectivity index (χ0n) is 17.6. The van der Waals surface area contributed by atoms with Gasteiger partial charge in [-0.3, -0.25) is 0 Å². The molecule has 0 amide bonds. The van der Waals surface area contributed by atoms with Crippen LogP contribution in [0.3, 0.4) is 0 Å². The summed E-state index contributed by atoms with van der Waals surface area (Å²) in [6.07, 6.45) is 26.8. The van der Waals surface area contributed by atoms with Gasteiger partial charge in [-0.25, -0.2) is 4.98 Å². The normalized spacial score (nSPS) is 21.2. The Morgan fingerprint density at radius 2 is 1.33 bits per heavy atom. The summed E-state index contributed by atoms with van der Waals surface area (Å²) >= 11 is 0. The maximum Gasteiger partial charge on any atom is 0.195 e. The standard InChI is InChI=1S/C22H41B2N3/c1-3-7-12-20(13-8-4-1)23-27(17-11-16-22-18-25-19-26-22)24-21-14-9-5-2-6-10-15-21/h18-21,23-24H,1-17H2,(H,25,26). The zero-order valence-corrected chi connectivity index (χ0v) is 17.6. The van der Waals surface area contributed by atoms with Crippen molar-refractivity contribution in [1.82, 2.24) is 14.7 Å². The van der Waals surface area contributed by atoms with Gasteiger partial charge in [0.05, 0.1) is 6.33 Å². The summed E-state index contributed by atoms with van der Waals surface area (Å²) in [5, 5.41) is 0. The fourth-order valence-electron chi connectivity index (χ4n) is 5.35. The number of nitrogens with one attached hydrogen (secondary N) is 1. The lowest BCUT2D eigenvalue weighted by Crippen LogP contribution is -2.38. The smallest absolute Gasteiger partial charge is 0.195 e. The monoisotopic (exact) mass is 369 g/mol. The van der Waals surface area contributed by atoms with E-state index in [9.17, 15) is 0 Å². The lowest BCUT2D eigenvalue weighted by molar-refractivity contribution is 0.475. The highest BCUT2D eigenvalue weighted by molar-refractivity contribution is 6.52. The van der Waals surface area contributed by atoms with Crippen LogP contribution in [-0.4, -0.2) is 36.1 Å². The number of aromatic nitrogens is 2. The van der Waals surface area contributed by atoms with Crippen LogP contribution in [0.1, 0.15) is 102 Å². The summed E-state index contributed by atoms with van der Waals surface area (Å²) in [6, 6.07) is 0. The molecular weight excluding hydrogens is 328 g/mol. The van der Waals surface area contributed by atoms with Crippen molar-refractivity contribution in [2.45, 2.75) is 114 Å². The minimum absolute atomic E-state index is 0.950. The number of aryl methyl sites for hydroxylation is 1. The quantitative estimate of drug-likeness (QED) is 0.621. The molecule has 0 aromatic carbocycles. The Morgan fingerprint density at radius 1 is 0.815 bits per heavy atom. The molecule has 0 radical (unpaired) electrons. The first-order chi connectivity index (χ1) is 13.4. The van der Waals surface area contributed by atoms with E-state index in [4.69, 9.17) is 0 Å². The van der Waals surface area contributed by atoms with E-state index in [1.54, 1.807) is 0 Å². The number of aromatic amines is 1. The molecule has 0 unspecified atom stereocenters. The van der Waals surface area contributed by atoms with Gasteiger partial charge in [-0.2, -0.15) is 0 Å². The van der Waals surface area contributed by atoms with Crippen LogP contribution >= 0.6 is 0 Å². The lowest BCUT2D eigenvalue weighted by atomic mass is 9.58. The molecule has 1 heterocycles. The summed E-state index contributed by atoms with van der Waals surface area (Å²) in [6.45, 7) is 1.27. The van der Waals surface area contributed by atoms with Crippen molar-refractivity contribution in [2.24, 2.45) is 0 Å². The van der Waals surface area contributed by atoms with Crippen molar-refractivity contribution >= 4 is 14.8 Å². The molecule has 1 aromatic heterocycles. The number of nitrogens with zero attached hydrogens (tertiary/aromatic N) is 2. The van der Waals surface area contributed by atoms with Crippen molar-refractivity contribution in [3.63, 3.8) is 0 Å². The highest BCUT2D eigenvalue weighted by atomic mass is 15.0. The number of hydrogen-bond donors (Lipinski definition) is 1. The van der Waals surface area contributed by atoms with Crippen LogP contribution in [-0.2, 0) is 6.42 Å². The Hall–Kier alpha value is -0.700. The Morgan fingerprint density at radius 3 is 1.81 bits per heavy atom. The van der Waals surface area contributed by atoms with Crippen LogP contribution in [0.4, 0.5) is 0 Å². The second-order valence-electron chi connectivity index (χ2n) is 9.36. The van der Waals surface area contributed by atoms with E-state index in [1.165, 1.54) is 123 Å². The first-order valence-electron chi connectivity index (χ1n) is 12.1. The van der Waals surface area contributed by atoms with Gasteiger partial charge in [0, 0.05) is 11.9 Å². The molecule has 2 saturated carbocycles. The van der Waals surface area contributed by atoms with Crippen molar-refractivity contribution in [2.75, 3.05) is 6.54 Å². The van der Waals surface area contributed by atoms with Crippen molar-refractivity contribution in [3.8, 4) is 0 Å². The molecule has 2 aliphatic carbocycles. The first-order valence-corrected chi connectivity index (χ1v) is 12.1. The van der Waals surface area contributed by atoms with Crippen molar-refractivity contribution in [1.29, 1.82) is 0 Å². The second-order valence-corrected chi connectivity index (χ2v) is 9.36. The number of H-pyrrole nitrogens is 1. The predicted octanol–water partition coefficient (Wildman–Crippen LogP) is 5.41. The van der Waals surface area contributed by atoms with Gasteiger partial charge in [0.1, 0.15) is 0 Å². The van der Waals surface area contributed by atoms with E-state index in [2.05, 4.69) is 14.7 Å². The molecule has 3 rings (SSSR count). The van der Waals surface area contributed by atoms with Gasteiger partial charge in [0.25, 0.3) is 0 Å². The van der Waals surface area contributed by atoms with Gasteiger partial charge in [-0.1, -0.05) is 102 Å². The summed E-state index contributed by atoms with van der Waals surface area (Å²) in [4.78, 5) is 7.45. The van der Waals surface area contributed by atoms with Crippen molar-refractivity contribution in [3.05, 3.63) is 18.2 Å². The zero-order chi connectivity index (χ0) is 18.6. The van der Waals surface area contributed by atoms with Crippen LogP contribution in [0, 0.1) is 0 Å². The van der Waals surface area contributed by atoms with E-state index >= 15 is 0 Å². The number of imidazole rings is 1. The highest BCUT2D eigenvalue weighted by Crippen LogP contribution is 2.29. The summed E-state index contributed by atoms with van der Waals surface area (Å²) in [7, 11) is 2.72. The maximum absolute atomic E-state index is 4.18. The third kappa shape index (κ3) is 8.46. The van der Waals surface area contributed by atoms with Gasteiger partial charge in [-0.05, 0) is 19.4 Å². The summed E-state index contributed by atoms with van der Waals surface area (Å²) in [5.74, 6) is 1.90. The molecule has 0 atom stereocenters. The van der Waals surface area contributed by atoms with Gasteiger partial charge >= 0.3 is 0 Å². The van der Waals surface area contributed by atoms with Crippen LogP contribution in [0.15, 0.2) is 12.5 Å². The molecule has 0 aliphatic heterocycles. The summed E-state index contributed by atoms with van der Waals surface area (Å²) in [5.41, 5.74) is 1.30. The fraction of sp³-hybridized carbons (Fsp3) is 0.864. The first kappa shape index (κ1) is 21.0. The molecule has 150 valence electrons. The van der Waals surface area contributed by atoms with E-state index in [-0.39, 0.29) is 0 Å². The largest absolute Gasteiger partial charge is 0.389 e. The Balaban J connectivity index is 1.50. The molecule has 0 spiro atoms. The molecule has 2 aliphatic rings. The minimum atomic E-state index is 0.950. The van der Waals surface area contributed by atoms with Gasteiger partial charge in [0.2, 0.25) is 0 Å². The van der Waals surface area contributed by atoms with E-state index in [0.29, 0.717) is 0 Å². The van der Waals surface area contributed by atoms with Crippen LogP contribution in [0.5, 0.6) is 0 Å². The molecule has 0 bridgehead atoms. The Labute approximate surface area is 169 Å². The third-order valence-electron chi connectivity index (χ3n) is 6.96. The SMILES string of the molecule is B(C1CCCCCCC1)N(BC1CCCCCCC1)CCCc1cnc[nH]1. The van der Waals surface area contributed by atoms with Crippen molar-refractivity contribution < 1.29 is 0 Å². The molecule has 0 saturated heterocycles. The molecule has 1 aromatic rings. The van der Waals surface area contributed by atoms with Gasteiger partial charge in [0.15, 0.2) is 14.8 Å². The van der Waals surface area contributed by atoms with Gasteiger partial charge < -0.3 is 9.71 Å². The molecule has 5 heteroatoms. The third-order valence-corrected chi connectivity index (χ3v) is 6.96. The highest BCUT2D eigenvalue weighted by Gasteiger charge is 2.22. The molecular formula is C22H41B2N3. The van der Waals surface area contributed by atoms with Crippen LogP contribution < -0.4 is 0 Å². The minimum Gasteiger partial charge on any atom is -0.389 e. The van der Waals surface area contributed by atoms with E-state index < -0.39 is 0 Å². The van der Waals surface area contributed by atoms with Crippen LogP contribution in [0.2, 0.25) is 11.6 Å². The average molecular weight is 369 g/mol. The lowest BCUT2D eigenvalue weighted by Gasteiger charge is -2.31. The predicted molar refractivity (Wildman–Crippen MR) is 120 cm³/mol. The molecule has 2 fully saturated rings. The summed E-state index contributed by atoms with van der Waals surface area (Å²) < 4.78 is 2.87. The van der Waals surface area contributed by atoms with Crippen LogP contribution in [0.25, 0.3) is 0 Å². The Kier molecular flexibility index (Phi) is 9.89. The fourth-order valence-corrected chi connectivity index (χ4v) is 5.35. The molecule has 27 heavy (non-hydrogen) atoms. The van der Waals surface area contributed by atoms with E-state index in [1.807, 2.05) is 12.5 Å². The Bertz CT molecular complexity index is 440.